The fraction of sp³-hybridized carbons (Fsp3) is 0.0833. The molecule has 4 aromatic rings. The van der Waals surface area contributed by atoms with E-state index in [0.717, 1.165) is 27.9 Å². The van der Waals surface area contributed by atoms with Crippen molar-refractivity contribution in [1.82, 2.24) is 20.2 Å². The average Bonchev–Trinajstić information content (AvgIpc) is 3.27. The molecule has 4 rings (SSSR count). The van der Waals surface area contributed by atoms with Gasteiger partial charge >= 0.3 is 6.18 Å². The number of aromatic nitrogens is 3. The van der Waals surface area contributed by atoms with Crippen LogP contribution in [0.15, 0.2) is 93.6 Å². The van der Waals surface area contributed by atoms with Gasteiger partial charge in [-0.2, -0.15) is 18.3 Å². The van der Waals surface area contributed by atoms with E-state index in [1.54, 1.807) is 0 Å². The zero-order chi connectivity index (χ0) is 24.8. The van der Waals surface area contributed by atoms with Gasteiger partial charge in [0.2, 0.25) is 0 Å². The lowest BCUT2D eigenvalue weighted by Crippen LogP contribution is -2.20. The van der Waals surface area contributed by atoms with E-state index in [1.165, 1.54) is 30.1 Å². The summed E-state index contributed by atoms with van der Waals surface area (Å²) in [7, 11) is 0. The summed E-state index contributed by atoms with van der Waals surface area (Å²) in [6.45, 7) is 0. The Morgan fingerprint density at radius 1 is 1.00 bits per heavy atom. The van der Waals surface area contributed by atoms with Crippen LogP contribution in [0.2, 0.25) is 0 Å². The molecular formula is C24H17BrF3N5OS. The van der Waals surface area contributed by atoms with Crippen molar-refractivity contribution in [1.29, 1.82) is 0 Å². The Morgan fingerprint density at radius 3 is 2.34 bits per heavy atom. The number of hydrogen-bond donors (Lipinski definition) is 1. The van der Waals surface area contributed by atoms with Gasteiger partial charge < -0.3 is 0 Å². The Hall–Kier alpha value is -3.44. The molecule has 0 unspecified atom stereocenters. The maximum Gasteiger partial charge on any atom is 0.416 e. The number of carbonyl (C=O) groups is 1. The fourth-order valence-corrected chi connectivity index (χ4v) is 4.07. The van der Waals surface area contributed by atoms with Gasteiger partial charge in [-0.15, -0.1) is 10.2 Å². The Kier molecular flexibility index (Phi) is 7.67. The molecule has 0 spiro atoms. The maximum atomic E-state index is 12.6. The highest BCUT2D eigenvalue weighted by atomic mass is 79.9. The van der Waals surface area contributed by atoms with Crippen molar-refractivity contribution in [3.8, 4) is 17.1 Å². The summed E-state index contributed by atoms with van der Waals surface area (Å²) < 4.78 is 40.7. The molecule has 1 amide bonds. The van der Waals surface area contributed by atoms with E-state index in [1.807, 2.05) is 59.2 Å². The van der Waals surface area contributed by atoms with Gasteiger partial charge in [-0.25, -0.2) is 5.43 Å². The summed E-state index contributed by atoms with van der Waals surface area (Å²) in [6, 6.07) is 21.7. The van der Waals surface area contributed by atoms with Gasteiger partial charge in [0.05, 0.1) is 17.5 Å². The quantitative estimate of drug-likeness (QED) is 0.172. The molecule has 0 fully saturated rings. The van der Waals surface area contributed by atoms with Crippen molar-refractivity contribution in [2.75, 3.05) is 5.75 Å². The minimum atomic E-state index is -4.40. The summed E-state index contributed by atoms with van der Waals surface area (Å²) in [5.74, 6) is 0.245. The second kappa shape index (κ2) is 10.9. The third kappa shape index (κ3) is 6.37. The second-order valence-corrected chi connectivity index (χ2v) is 9.04. The number of rotatable bonds is 7. The van der Waals surface area contributed by atoms with Crippen LogP contribution in [0.3, 0.4) is 0 Å². The number of nitrogens with zero attached hydrogens (tertiary/aromatic N) is 4. The molecule has 0 aliphatic heterocycles. The smallest absolute Gasteiger partial charge is 0.272 e. The molecule has 11 heteroatoms. The first kappa shape index (κ1) is 24.7. The van der Waals surface area contributed by atoms with Gasteiger partial charge in [-0.3, -0.25) is 9.36 Å². The van der Waals surface area contributed by atoms with Gasteiger partial charge in [0, 0.05) is 15.7 Å². The number of alkyl halides is 3. The summed E-state index contributed by atoms with van der Waals surface area (Å²) in [6.07, 6.45) is -3.13. The number of benzene rings is 3. The minimum absolute atomic E-state index is 0.00774. The predicted octanol–water partition coefficient (Wildman–Crippen LogP) is 5.96. The molecule has 6 nitrogen and oxygen atoms in total. The molecule has 0 aliphatic rings. The molecule has 1 N–H and O–H groups in total. The van der Waals surface area contributed by atoms with E-state index in [2.05, 4.69) is 36.7 Å². The molecule has 0 radical (unpaired) electrons. The Morgan fingerprint density at radius 2 is 1.69 bits per heavy atom. The van der Waals surface area contributed by atoms with E-state index in [9.17, 15) is 18.0 Å². The van der Waals surface area contributed by atoms with Crippen LogP contribution in [-0.4, -0.2) is 32.6 Å². The van der Waals surface area contributed by atoms with Crippen LogP contribution in [-0.2, 0) is 11.0 Å². The van der Waals surface area contributed by atoms with Crippen molar-refractivity contribution >= 4 is 39.8 Å². The zero-order valence-electron chi connectivity index (χ0n) is 17.9. The van der Waals surface area contributed by atoms with E-state index < -0.39 is 17.6 Å². The van der Waals surface area contributed by atoms with Crippen LogP contribution in [0.1, 0.15) is 11.1 Å². The highest BCUT2D eigenvalue weighted by Crippen LogP contribution is 2.29. The first-order chi connectivity index (χ1) is 16.8. The van der Waals surface area contributed by atoms with Crippen LogP contribution in [0.25, 0.3) is 17.1 Å². The maximum absolute atomic E-state index is 12.6. The van der Waals surface area contributed by atoms with Gasteiger partial charge in [-0.1, -0.05) is 70.2 Å². The van der Waals surface area contributed by atoms with E-state index in [-0.39, 0.29) is 5.75 Å². The number of hydrazone groups is 1. The minimum Gasteiger partial charge on any atom is -0.272 e. The molecule has 1 aromatic heterocycles. The lowest BCUT2D eigenvalue weighted by molar-refractivity contribution is -0.137. The second-order valence-electron chi connectivity index (χ2n) is 7.19. The van der Waals surface area contributed by atoms with Gasteiger partial charge in [0.25, 0.3) is 5.91 Å². The van der Waals surface area contributed by atoms with Crippen LogP contribution >= 0.6 is 27.7 Å². The van der Waals surface area contributed by atoms with E-state index in [4.69, 9.17) is 0 Å². The molecule has 0 atom stereocenters. The van der Waals surface area contributed by atoms with Crippen LogP contribution in [0.4, 0.5) is 13.2 Å². The highest BCUT2D eigenvalue weighted by molar-refractivity contribution is 9.10. The summed E-state index contributed by atoms with van der Waals surface area (Å²) in [5, 5.41) is 12.9. The summed E-state index contributed by atoms with van der Waals surface area (Å²) in [4.78, 5) is 12.3. The van der Waals surface area contributed by atoms with Gasteiger partial charge in [0.1, 0.15) is 0 Å². The Labute approximate surface area is 211 Å². The first-order valence-electron chi connectivity index (χ1n) is 10.2. The standard InChI is InChI=1S/C24H17BrF3N5OS/c25-19-10-12-20(13-11-19)33-22(17-4-2-1-3-5-17)31-32-23(33)35-15-21(34)30-29-14-16-6-8-18(9-7-16)24(26,27)28/h1-14H,15H2,(H,30,34)/b29-14-. The van der Waals surface area contributed by atoms with Crippen molar-refractivity contribution < 1.29 is 18.0 Å². The molecule has 35 heavy (non-hydrogen) atoms. The molecule has 3 aromatic carbocycles. The van der Waals surface area contributed by atoms with Crippen molar-refractivity contribution in [3.63, 3.8) is 0 Å². The molecule has 178 valence electrons. The summed E-state index contributed by atoms with van der Waals surface area (Å²) >= 11 is 4.62. The number of carbonyl (C=O) groups excluding carboxylic acids is 1. The molecule has 0 bridgehead atoms. The Balaban J connectivity index is 1.44. The SMILES string of the molecule is O=C(CSc1nnc(-c2ccccc2)n1-c1ccc(Br)cc1)N/N=C\c1ccc(C(F)(F)F)cc1. The highest BCUT2D eigenvalue weighted by Gasteiger charge is 2.29. The monoisotopic (exact) mass is 559 g/mol. The molecule has 1 heterocycles. The van der Waals surface area contributed by atoms with Crippen molar-refractivity contribution in [2.24, 2.45) is 5.10 Å². The number of amides is 1. The zero-order valence-corrected chi connectivity index (χ0v) is 20.3. The first-order valence-corrected chi connectivity index (χ1v) is 12.0. The fourth-order valence-electron chi connectivity index (χ4n) is 3.06. The predicted molar refractivity (Wildman–Crippen MR) is 132 cm³/mol. The van der Waals surface area contributed by atoms with Crippen LogP contribution < -0.4 is 5.43 Å². The Bertz CT molecular complexity index is 1320. The number of hydrogen-bond acceptors (Lipinski definition) is 5. The van der Waals surface area contributed by atoms with E-state index >= 15 is 0 Å². The lowest BCUT2D eigenvalue weighted by atomic mass is 10.1. The van der Waals surface area contributed by atoms with Gasteiger partial charge in [0.15, 0.2) is 11.0 Å². The van der Waals surface area contributed by atoms with Crippen LogP contribution in [0.5, 0.6) is 0 Å². The van der Waals surface area contributed by atoms with Crippen molar-refractivity contribution in [2.45, 2.75) is 11.3 Å². The number of nitrogens with one attached hydrogen (secondary N) is 1. The molecular weight excluding hydrogens is 543 g/mol. The topological polar surface area (TPSA) is 72.2 Å². The normalized spacial score (nSPS) is 11.7. The lowest BCUT2D eigenvalue weighted by Gasteiger charge is -2.10. The largest absolute Gasteiger partial charge is 0.416 e. The third-order valence-corrected chi connectivity index (χ3v) is 6.18. The van der Waals surface area contributed by atoms with Crippen molar-refractivity contribution in [3.05, 3.63) is 94.5 Å². The molecule has 0 saturated heterocycles. The molecule has 0 saturated carbocycles. The molecule has 0 aliphatic carbocycles. The number of thioether (sulfide) groups is 1. The van der Waals surface area contributed by atoms with Crippen LogP contribution in [0, 0.1) is 0 Å². The average molecular weight is 560 g/mol. The summed E-state index contributed by atoms with van der Waals surface area (Å²) in [5.41, 5.74) is 3.76. The van der Waals surface area contributed by atoms with Gasteiger partial charge in [-0.05, 0) is 42.0 Å². The third-order valence-electron chi connectivity index (χ3n) is 4.72. The van der Waals surface area contributed by atoms with E-state index in [0.29, 0.717) is 16.5 Å². The number of halogens is 4.